The number of benzene rings is 8. The lowest BCUT2D eigenvalue weighted by molar-refractivity contribution is 1.07. The van der Waals surface area contributed by atoms with Crippen molar-refractivity contribution in [2.45, 2.75) is 0 Å². The van der Waals surface area contributed by atoms with Gasteiger partial charge in [-0.15, -0.1) is 0 Å². The minimum atomic E-state index is 0.392. The molecule has 10 nitrogen and oxygen atoms in total. The largest absolute Gasteiger partial charge is 0.309 e. The van der Waals surface area contributed by atoms with Crippen molar-refractivity contribution in [3.8, 4) is 74.9 Å². The molecular weight excluding hydrogens is 813 g/mol. The molecule has 10 heteroatoms. The molecule has 0 aliphatic carbocycles. The van der Waals surface area contributed by atoms with Crippen LogP contribution in [0, 0.1) is 47.1 Å². The number of hydrogen-bond acceptors (Lipinski definition) is 6. The van der Waals surface area contributed by atoms with Crippen molar-refractivity contribution in [1.82, 2.24) is 24.1 Å². The molecule has 0 spiro atoms. The van der Waals surface area contributed by atoms with Gasteiger partial charge in [0.15, 0.2) is 28.8 Å². The molecule has 66 heavy (non-hydrogen) atoms. The van der Waals surface area contributed by atoms with Gasteiger partial charge in [-0.25, -0.2) is 24.6 Å². The molecule has 0 radical (unpaired) electrons. The second-order valence-corrected chi connectivity index (χ2v) is 15.6. The van der Waals surface area contributed by atoms with E-state index >= 15 is 0 Å². The minimum absolute atomic E-state index is 0.392. The average Bonchev–Trinajstić information content (AvgIpc) is 3.89. The van der Waals surface area contributed by atoms with Crippen molar-refractivity contribution >= 4 is 55.0 Å². The summed E-state index contributed by atoms with van der Waals surface area (Å²) in [5.74, 6) is 1.46. The SMILES string of the molecule is [C-]#[N+]c1ccc2c(c1)c1cc([N+]#[C-])ccc1n2-c1cc(-c2nc(-c3ccccc3)nc(-c3ccccc3)n2)ccc1-c1cccc(-n2c3ccc(C#N)cc3c3cc(C#N)ccc32)c1C#N. The van der Waals surface area contributed by atoms with E-state index < -0.39 is 0 Å². The van der Waals surface area contributed by atoms with Gasteiger partial charge in [0, 0.05) is 38.6 Å². The third-order valence-corrected chi connectivity index (χ3v) is 11.9. The van der Waals surface area contributed by atoms with E-state index in [1.165, 1.54) is 0 Å². The van der Waals surface area contributed by atoms with Crippen molar-refractivity contribution in [3.63, 3.8) is 0 Å². The van der Waals surface area contributed by atoms with Gasteiger partial charge in [0.1, 0.15) is 6.07 Å². The third-order valence-electron chi connectivity index (χ3n) is 11.9. The molecule has 0 unspecified atom stereocenters. The summed E-state index contributed by atoms with van der Waals surface area (Å²) in [5, 5.41) is 34.2. The zero-order chi connectivity index (χ0) is 44.9. The molecule has 0 N–H and O–H groups in total. The Labute approximate surface area is 377 Å². The van der Waals surface area contributed by atoms with Crippen LogP contribution in [0.2, 0.25) is 0 Å². The second-order valence-electron chi connectivity index (χ2n) is 15.6. The first-order valence-electron chi connectivity index (χ1n) is 20.8. The molecule has 0 saturated carbocycles. The Bertz CT molecular complexity index is 3850. The van der Waals surface area contributed by atoms with E-state index in [1.54, 1.807) is 24.3 Å². The number of nitrogens with zero attached hydrogens (tertiary/aromatic N) is 10. The highest BCUT2D eigenvalue weighted by atomic mass is 15.0. The maximum Gasteiger partial charge on any atom is 0.188 e. The standard InChI is InChI=1S/C56H28N10/c1-60-39-19-24-51-45(29-39)46-30-40(61-2)20-25-52(46)66(51)53-28-38(56-63-54(36-10-5-3-6-11-36)62-55(64-56)37-12-7-4-8-13-37)18-21-42(53)41-14-9-15-48(47(41)33-59)65-49-22-16-34(31-57)26-43(49)44-27-35(32-58)17-23-50(44)65/h3-30H. The fourth-order valence-corrected chi connectivity index (χ4v) is 8.91. The molecule has 0 amide bonds. The molecule has 302 valence electrons. The van der Waals surface area contributed by atoms with Gasteiger partial charge < -0.3 is 9.13 Å². The molecule has 0 aliphatic rings. The number of nitriles is 3. The van der Waals surface area contributed by atoms with E-state index in [9.17, 15) is 15.8 Å². The summed E-state index contributed by atoms with van der Waals surface area (Å²) in [6.07, 6.45) is 0. The normalized spacial score (nSPS) is 11.0. The van der Waals surface area contributed by atoms with Crippen molar-refractivity contribution in [2.24, 2.45) is 0 Å². The van der Waals surface area contributed by atoms with E-state index in [-0.39, 0.29) is 0 Å². The lowest BCUT2D eigenvalue weighted by atomic mass is 9.95. The Kier molecular flexibility index (Phi) is 9.17. The second kappa shape index (κ2) is 15.6. The van der Waals surface area contributed by atoms with E-state index in [2.05, 4.69) is 32.5 Å². The average molecular weight is 841 g/mol. The highest BCUT2D eigenvalue weighted by Gasteiger charge is 2.24. The van der Waals surface area contributed by atoms with Crippen LogP contribution in [0.15, 0.2) is 170 Å². The molecule has 0 saturated heterocycles. The highest BCUT2D eigenvalue weighted by molar-refractivity contribution is 6.13. The quantitative estimate of drug-likeness (QED) is 0.153. The summed E-state index contributed by atoms with van der Waals surface area (Å²) in [7, 11) is 0. The zero-order valence-electron chi connectivity index (χ0n) is 34.6. The fourth-order valence-electron chi connectivity index (χ4n) is 8.91. The molecular formula is C56H28N10. The number of fused-ring (bicyclic) bond motifs is 6. The molecule has 0 bridgehead atoms. The lowest BCUT2D eigenvalue weighted by Gasteiger charge is -2.19. The van der Waals surface area contributed by atoms with Crippen LogP contribution in [0.5, 0.6) is 0 Å². The zero-order valence-corrected chi connectivity index (χ0v) is 34.6. The summed E-state index contributed by atoms with van der Waals surface area (Å²) in [4.78, 5) is 22.5. The van der Waals surface area contributed by atoms with E-state index in [0.717, 1.165) is 60.3 Å². The van der Waals surface area contributed by atoms with Crippen LogP contribution in [0.3, 0.4) is 0 Å². The van der Waals surface area contributed by atoms with Crippen molar-refractivity contribution < 1.29 is 0 Å². The van der Waals surface area contributed by atoms with Gasteiger partial charge in [-0.05, 0) is 83.6 Å². The van der Waals surface area contributed by atoms with Crippen LogP contribution in [0.4, 0.5) is 11.4 Å². The van der Waals surface area contributed by atoms with E-state index in [4.69, 9.17) is 28.1 Å². The summed E-state index contributed by atoms with van der Waals surface area (Å²) in [6, 6.07) is 60.3. The summed E-state index contributed by atoms with van der Waals surface area (Å²) < 4.78 is 4.13. The molecule has 3 aromatic heterocycles. The maximum atomic E-state index is 11.3. The molecule has 11 aromatic rings. The Hall–Kier alpha value is -10.2. The predicted molar refractivity (Wildman–Crippen MR) is 257 cm³/mol. The van der Waals surface area contributed by atoms with Crippen LogP contribution < -0.4 is 0 Å². The van der Waals surface area contributed by atoms with Gasteiger partial charge in [-0.1, -0.05) is 97.1 Å². The van der Waals surface area contributed by atoms with Crippen LogP contribution in [-0.4, -0.2) is 24.1 Å². The fraction of sp³-hybridized carbons (Fsp3) is 0. The monoisotopic (exact) mass is 840 g/mol. The van der Waals surface area contributed by atoms with Crippen molar-refractivity contribution in [1.29, 1.82) is 15.8 Å². The number of rotatable bonds is 6. The molecule has 0 aliphatic heterocycles. The molecule has 3 heterocycles. The summed E-state index contributed by atoms with van der Waals surface area (Å²) in [6.45, 7) is 15.7. The van der Waals surface area contributed by atoms with Crippen LogP contribution in [-0.2, 0) is 0 Å². The first-order valence-corrected chi connectivity index (χ1v) is 20.8. The van der Waals surface area contributed by atoms with Gasteiger partial charge in [0.25, 0.3) is 0 Å². The Morgan fingerprint density at radius 1 is 0.394 bits per heavy atom. The van der Waals surface area contributed by atoms with Crippen LogP contribution >= 0.6 is 0 Å². The molecule has 0 atom stereocenters. The van der Waals surface area contributed by atoms with Gasteiger partial charge in [0.2, 0.25) is 0 Å². The molecule has 0 fully saturated rings. The topological polar surface area (TPSA) is 129 Å². The van der Waals surface area contributed by atoms with Crippen LogP contribution in [0.1, 0.15) is 16.7 Å². The van der Waals surface area contributed by atoms with E-state index in [0.29, 0.717) is 68.0 Å². The maximum absolute atomic E-state index is 11.3. The Morgan fingerprint density at radius 2 is 0.864 bits per heavy atom. The molecule has 8 aromatic carbocycles. The van der Waals surface area contributed by atoms with Gasteiger partial charge in [-0.2, -0.15) is 15.8 Å². The first kappa shape index (κ1) is 38.7. The lowest BCUT2D eigenvalue weighted by Crippen LogP contribution is -2.04. The van der Waals surface area contributed by atoms with Gasteiger partial charge in [-0.3, -0.25) is 0 Å². The Morgan fingerprint density at radius 3 is 1.35 bits per heavy atom. The Balaban J connectivity index is 1.22. The van der Waals surface area contributed by atoms with Crippen molar-refractivity contribution in [2.75, 3.05) is 0 Å². The number of hydrogen-bond donors (Lipinski definition) is 0. The van der Waals surface area contributed by atoms with Crippen molar-refractivity contribution in [3.05, 3.63) is 209 Å². The smallest absolute Gasteiger partial charge is 0.188 e. The van der Waals surface area contributed by atoms with Crippen LogP contribution in [0.25, 0.3) is 110 Å². The minimum Gasteiger partial charge on any atom is -0.309 e. The van der Waals surface area contributed by atoms with Gasteiger partial charge >= 0.3 is 0 Å². The number of aromatic nitrogens is 5. The van der Waals surface area contributed by atoms with E-state index in [1.807, 2.05) is 150 Å². The molecule has 11 rings (SSSR count). The van der Waals surface area contributed by atoms with Gasteiger partial charge in [0.05, 0.1) is 75.4 Å². The highest BCUT2D eigenvalue weighted by Crippen LogP contribution is 2.43. The first-order chi connectivity index (χ1) is 32.5. The third kappa shape index (κ3) is 6.26. The predicted octanol–water partition coefficient (Wildman–Crippen LogP) is 13.5. The summed E-state index contributed by atoms with van der Waals surface area (Å²) >= 11 is 0. The summed E-state index contributed by atoms with van der Waals surface area (Å²) in [5.41, 5.74) is 10.4.